The Bertz CT molecular complexity index is 165. The van der Waals surface area contributed by atoms with Crippen molar-refractivity contribution < 1.29 is 4.74 Å². The van der Waals surface area contributed by atoms with Crippen LogP contribution >= 0.6 is 0 Å². The van der Waals surface area contributed by atoms with Crippen LogP contribution in [0.1, 0.15) is 6.92 Å². The van der Waals surface area contributed by atoms with Gasteiger partial charge in [-0.2, -0.15) is 0 Å². The molecule has 0 radical (unpaired) electrons. The number of aromatic nitrogens is 3. The standard InChI is InChI=1S/C5H7N3O/c1-2-9-5-3-6-4-7-8-5/h3-4H,2H2,1H3. The fourth-order valence-corrected chi connectivity index (χ4v) is 0.449. The van der Waals surface area contributed by atoms with E-state index >= 15 is 0 Å². The molecule has 1 heterocycles. The fourth-order valence-electron chi connectivity index (χ4n) is 0.449. The topological polar surface area (TPSA) is 47.9 Å². The summed E-state index contributed by atoms with van der Waals surface area (Å²) in [6, 6.07) is 0. The van der Waals surface area contributed by atoms with Crippen LogP contribution in [0.5, 0.6) is 5.88 Å². The van der Waals surface area contributed by atoms with Crippen LogP contribution in [0.2, 0.25) is 0 Å². The van der Waals surface area contributed by atoms with Crippen molar-refractivity contribution in [3.05, 3.63) is 12.5 Å². The molecule has 1 aromatic rings. The van der Waals surface area contributed by atoms with Crippen LogP contribution in [-0.4, -0.2) is 21.8 Å². The van der Waals surface area contributed by atoms with Gasteiger partial charge in [-0.25, -0.2) is 4.98 Å². The van der Waals surface area contributed by atoms with E-state index in [0.717, 1.165) is 0 Å². The van der Waals surface area contributed by atoms with Crippen LogP contribution in [-0.2, 0) is 0 Å². The molecule has 0 amide bonds. The highest BCUT2D eigenvalue weighted by Crippen LogP contribution is 1.96. The van der Waals surface area contributed by atoms with Gasteiger partial charge in [0, 0.05) is 0 Å². The summed E-state index contributed by atoms with van der Waals surface area (Å²) < 4.78 is 4.97. The molecule has 0 aromatic carbocycles. The summed E-state index contributed by atoms with van der Waals surface area (Å²) in [7, 11) is 0. The summed E-state index contributed by atoms with van der Waals surface area (Å²) >= 11 is 0. The van der Waals surface area contributed by atoms with Gasteiger partial charge in [-0.15, -0.1) is 10.2 Å². The van der Waals surface area contributed by atoms with Crippen molar-refractivity contribution in [3.63, 3.8) is 0 Å². The summed E-state index contributed by atoms with van der Waals surface area (Å²) in [4.78, 5) is 3.70. The normalized spacial score (nSPS) is 9.00. The van der Waals surface area contributed by atoms with Crippen molar-refractivity contribution in [1.82, 2.24) is 15.2 Å². The van der Waals surface area contributed by atoms with Gasteiger partial charge < -0.3 is 4.74 Å². The monoisotopic (exact) mass is 125 g/mol. The molecule has 0 unspecified atom stereocenters. The highest BCUT2D eigenvalue weighted by molar-refractivity contribution is 4.96. The molecule has 0 N–H and O–H groups in total. The maximum atomic E-state index is 4.97. The summed E-state index contributed by atoms with van der Waals surface area (Å²) in [5.74, 6) is 0.472. The molecule has 9 heavy (non-hydrogen) atoms. The van der Waals surface area contributed by atoms with Crippen LogP contribution in [0.25, 0.3) is 0 Å². The Labute approximate surface area is 52.9 Å². The molecule has 1 aromatic heterocycles. The Kier molecular flexibility index (Phi) is 1.95. The summed E-state index contributed by atoms with van der Waals surface area (Å²) in [5.41, 5.74) is 0. The Morgan fingerprint density at radius 3 is 3.11 bits per heavy atom. The van der Waals surface area contributed by atoms with E-state index in [1.165, 1.54) is 12.5 Å². The molecule has 48 valence electrons. The smallest absolute Gasteiger partial charge is 0.252 e. The number of hydrogen-bond donors (Lipinski definition) is 0. The van der Waals surface area contributed by atoms with Crippen LogP contribution in [0.15, 0.2) is 12.5 Å². The lowest BCUT2D eigenvalue weighted by Gasteiger charge is -1.95. The quantitative estimate of drug-likeness (QED) is 0.569. The molecule has 4 heteroatoms. The second kappa shape index (κ2) is 2.96. The number of nitrogens with zero attached hydrogens (tertiary/aromatic N) is 3. The van der Waals surface area contributed by atoms with Gasteiger partial charge in [-0.3, -0.25) is 0 Å². The summed E-state index contributed by atoms with van der Waals surface area (Å²) in [5, 5.41) is 7.15. The largest absolute Gasteiger partial charge is 0.476 e. The third-order valence-electron chi connectivity index (χ3n) is 0.752. The molecular formula is C5H7N3O. The van der Waals surface area contributed by atoms with Gasteiger partial charge in [-0.05, 0) is 6.92 Å². The van der Waals surface area contributed by atoms with Crippen molar-refractivity contribution in [3.8, 4) is 5.88 Å². The van der Waals surface area contributed by atoms with E-state index < -0.39 is 0 Å². The molecule has 4 nitrogen and oxygen atoms in total. The van der Waals surface area contributed by atoms with Gasteiger partial charge in [-0.1, -0.05) is 0 Å². The van der Waals surface area contributed by atoms with Gasteiger partial charge >= 0.3 is 0 Å². The lowest BCUT2D eigenvalue weighted by atomic mass is 10.8. The first-order valence-electron chi connectivity index (χ1n) is 2.69. The summed E-state index contributed by atoms with van der Waals surface area (Å²) in [6.07, 6.45) is 2.89. The van der Waals surface area contributed by atoms with Crippen molar-refractivity contribution in [2.24, 2.45) is 0 Å². The van der Waals surface area contributed by atoms with Crippen molar-refractivity contribution in [1.29, 1.82) is 0 Å². The Morgan fingerprint density at radius 1 is 1.67 bits per heavy atom. The van der Waals surface area contributed by atoms with Crippen LogP contribution < -0.4 is 4.74 Å². The Hall–Kier alpha value is -1.19. The number of rotatable bonds is 2. The highest BCUT2D eigenvalue weighted by atomic mass is 16.5. The van der Waals surface area contributed by atoms with Crippen molar-refractivity contribution in [2.45, 2.75) is 6.92 Å². The second-order valence-electron chi connectivity index (χ2n) is 1.38. The molecule has 0 aliphatic carbocycles. The first kappa shape index (κ1) is 5.94. The molecule has 0 spiro atoms. The average molecular weight is 125 g/mol. The fraction of sp³-hybridized carbons (Fsp3) is 0.400. The highest BCUT2D eigenvalue weighted by Gasteiger charge is 1.88. The summed E-state index contributed by atoms with van der Waals surface area (Å²) in [6.45, 7) is 2.48. The minimum Gasteiger partial charge on any atom is -0.476 e. The van der Waals surface area contributed by atoms with E-state index in [2.05, 4.69) is 15.2 Å². The Balaban J connectivity index is 2.61. The molecule has 0 saturated heterocycles. The first-order chi connectivity index (χ1) is 4.43. The third-order valence-corrected chi connectivity index (χ3v) is 0.752. The molecular weight excluding hydrogens is 118 g/mol. The number of hydrogen-bond acceptors (Lipinski definition) is 4. The molecule has 0 bridgehead atoms. The molecule has 1 rings (SSSR count). The predicted molar refractivity (Wildman–Crippen MR) is 31.0 cm³/mol. The first-order valence-corrected chi connectivity index (χ1v) is 2.69. The van der Waals surface area contributed by atoms with E-state index in [9.17, 15) is 0 Å². The van der Waals surface area contributed by atoms with Crippen molar-refractivity contribution in [2.75, 3.05) is 6.61 Å². The molecule has 0 atom stereocenters. The lowest BCUT2D eigenvalue weighted by molar-refractivity contribution is 0.320. The molecule has 0 aliphatic heterocycles. The number of ether oxygens (including phenoxy) is 1. The molecule has 0 aliphatic rings. The maximum Gasteiger partial charge on any atom is 0.252 e. The maximum absolute atomic E-state index is 4.97. The van der Waals surface area contributed by atoms with E-state index in [4.69, 9.17) is 4.74 Å². The van der Waals surface area contributed by atoms with Gasteiger partial charge in [0.1, 0.15) is 6.33 Å². The average Bonchev–Trinajstić information content (AvgIpc) is 1.91. The minimum atomic E-state index is 0.472. The zero-order chi connectivity index (χ0) is 6.53. The zero-order valence-corrected chi connectivity index (χ0v) is 5.11. The van der Waals surface area contributed by atoms with Crippen molar-refractivity contribution >= 4 is 0 Å². The Morgan fingerprint density at radius 2 is 2.56 bits per heavy atom. The minimum absolute atomic E-state index is 0.472. The molecule has 0 saturated carbocycles. The zero-order valence-electron chi connectivity index (χ0n) is 5.11. The SMILES string of the molecule is CCOc1cncnn1. The van der Waals surface area contributed by atoms with E-state index in [1.54, 1.807) is 0 Å². The van der Waals surface area contributed by atoms with Crippen LogP contribution in [0.4, 0.5) is 0 Å². The van der Waals surface area contributed by atoms with E-state index in [-0.39, 0.29) is 0 Å². The predicted octanol–water partition coefficient (Wildman–Crippen LogP) is 0.270. The van der Waals surface area contributed by atoms with Gasteiger partial charge in [0.2, 0.25) is 0 Å². The van der Waals surface area contributed by atoms with E-state index in [0.29, 0.717) is 12.5 Å². The second-order valence-corrected chi connectivity index (χ2v) is 1.38. The van der Waals surface area contributed by atoms with Gasteiger partial charge in [0.15, 0.2) is 0 Å². The van der Waals surface area contributed by atoms with Crippen LogP contribution in [0.3, 0.4) is 0 Å². The molecule has 0 fully saturated rings. The third kappa shape index (κ3) is 1.64. The van der Waals surface area contributed by atoms with Gasteiger partial charge in [0.25, 0.3) is 5.88 Å². The lowest BCUT2D eigenvalue weighted by Crippen LogP contribution is -1.95. The van der Waals surface area contributed by atoms with E-state index in [1.807, 2.05) is 6.92 Å². The van der Waals surface area contributed by atoms with Crippen LogP contribution in [0, 0.1) is 0 Å². The van der Waals surface area contributed by atoms with Gasteiger partial charge in [0.05, 0.1) is 12.8 Å².